The van der Waals surface area contributed by atoms with E-state index in [1.807, 2.05) is 0 Å². The third kappa shape index (κ3) is 4.75. The fourth-order valence-electron chi connectivity index (χ4n) is 1.76. The number of hydrogen-bond acceptors (Lipinski definition) is 6. The summed E-state index contributed by atoms with van der Waals surface area (Å²) in [5.74, 6) is -5.89. The molecule has 3 N–H and O–H groups in total. The minimum atomic E-state index is -1.70. The predicted molar refractivity (Wildman–Crippen MR) is 81.5 cm³/mol. The van der Waals surface area contributed by atoms with Crippen LogP contribution in [-0.2, 0) is 19.1 Å². The number of aliphatic carboxylic acids is 1. The van der Waals surface area contributed by atoms with Gasteiger partial charge in [0.25, 0.3) is 0 Å². The second-order valence-electron chi connectivity index (χ2n) is 4.59. The molecule has 0 heterocycles. The average molecular weight is 362 g/mol. The molecule has 1 aromatic carbocycles. The molecule has 0 saturated carbocycles. The number of ether oxygens (including phenoxy) is 1. The highest BCUT2D eigenvalue weighted by atomic mass is 35.5. The predicted octanol–water partition coefficient (Wildman–Crippen LogP) is 1.34. The summed E-state index contributed by atoms with van der Waals surface area (Å²) < 4.78 is 4.74. The fraction of sp³-hybridized carbons (Fsp3) is 0.286. The van der Waals surface area contributed by atoms with Crippen LogP contribution in [0.25, 0.3) is 0 Å². The van der Waals surface area contributed by atoms with Gasteiger partial charge in [-0.25, -0.2) is 4.79 Å². The molecule has 0 aliphatic rings. The number of carbonyl (C=O) groups is 4. The van der Waals surface area contributed by atoms with E-state index in [0.29, 0.717) is 0 Å². The molecule has 0 amide bonds. The summed E-state index contributed by atoms with van der Waals surface area (Å²) in [4.78, 5) is 45.9. The van der Waals surface area contributed by atoms with Crippen LogP contribution in [0, 0.1) is 5.92 Å². The maximum atomic E-state index is 11.9. The SMILES string of the molecule is CC(=O)C(C(=O)O)C(N)C(=O)COC(=O)c1c(Cl)cccc1Cl. The lowest BCUT2D eigenvalue weighted by Gasteiger charge is -2.16. The molecule has 1 rings (SSSR count). The van der Waals surface area contributed by atoms with Gasteiger partial charge in [-0.1, -0.05) is 29.3 Å². The first-order valence-corrected chi connectivity index (χ1v) is 7.05. The van der Waals surface area contributed by atoms with E-state index in [0.717, 1.165) is 6.92 Å². The van der Waals surface area contributed by atoms with Crippen molar-refractivity contribution in [2.45, 2.75) is 13.0 Å². The second-order valence-corrected chi connectivity index (χ2v) is 5.41. The molecule has 0 spiro atoms. The first-order chi connectivity index (χ1) is 10.7. The van der Waals surface area contributed by atoms with Crippen molar-refractivity contribution in [3.63, 3.8) is 0 Å². The number of halogens is 2. The Morgan fingerprint density at radius 1 is 1.22 bits per heavy atom. The normalized spacial score (nSPS) is 13.0. The van der Waals surface area contributed by atoms with Gasteiger partial charge in [0.05, 0.1) is 21.7 Å². The van der Waals surface area contributed by atoms with Gasteiger partial charge in [0.1, 0.15) is 11.7 Å². The van der Waals surface area contributed by atoms with Crippen molar-refractivity contribution in [2.75, 3.05) is 6.61 Å². The summed E-state index contributed by atoms with van der Waals surface area (Å²) in [5.41, 5.74) is 5.33. The standard InChI is InChI=1S/C14H13Cl2NO6/c1-6(18)10(13(20)21)12(17)9(19)5-23-14(22)11-7(15)3-2-4-8(11)16/h2-4,10,12H,5,17H2,1H3,(H,20,21). The Morgan fingerprint density at radius 2 is 1.74 bits per heavy atom. The number of benzene rings is 1. The van der Waals surface area contributed by atoms with E-state index in [1.165, 1.54) is 18.2 Å². The molecule has 1 aromatic rings. The zero-order valence-electron chi connectivity index (χ0n) is 11.9. The van der Waals surface area contributed by atoms with Crippen LogP contribution in [0.15, 0.2) is 18.2 Å². The van der Waals surface area contributed by atoms with Crippen LogP contribution in [0.5, 0.6) is 0 Å². The lowest BCUT2D eigenvalue weighted by molar-refractivity contribution is -0.149. The van der Waals surface area contributed by atoms with E-state index in [2.05, 4.69) is 0 Å². The molecule has 0 bridgehead atoms. The van der Waals surface area contributed by atoms with Gasteiger partial charge in [0.15, 0.2) is 12.4 Å². The molecule has 0 saturated heterocycles. The minimum Gasteiger partial charge on any atom is -0.481 e. The van der Waals surface area contributed by atoms with Gasteiger partial charge in [-0.15, -0.1) is 0 Å². The summed E-state index contributed by atoms with van der Waals surface area (Å²) in [6, 6.07) is 2.72. The van der Waals surface area contributed by atoms with Gasteiger partial charge in [0.2, 0.25) is 0 Å². The molecule has 124 valence electrons. The Labute approximate surface area is 141 Å². The topological polar surface area (TPSA) is 124 Å². The van der Waals surface area contributed by atoms with E-state index in [4.69, 9.17) is 38.8 Å². The van der Waals surface area contributed by atoms with Crippen LogP contribution in [-0.4, -0.2) is 41.3 Å². The van der Waals surface area contributed by atoms with Crippen molar-refractivity contribution in [1.82, 2.24) is 0 Å². The Morgan fingerprint density at radius 3 is 2.17 bits per heavy atom. The largest absolute Gasteiger partial charge is 0.481 e. The van der Waals surface area contributed by atoms with Gasteiger partial charge >= 0.3 is 11.9 Å². The molecule has 0 aromatic heterocycles. The first kappa shape index (κ1) is 19.1. The summed E-state index contributed by atoms with van der Waals surface area (Å²) >= 11 is 11.6. The number of nitrogens with two attached hydrogens (primary N) is 1. The van der Waals surface area contributed by atoms with Crippen molar-refractivity contribution in [1.29, 1.82) is 0 Å². The zero-order valence-corrected chi connectivity index (χ0v) is 13.4. The minimum absolute atomic E-state index is 0.0337. The van der Waals surface area contributed by atoms with Gasteiger partial charge in [-0.2, -0.15) is 0 Å². The van der Waals surface area contributed by atoms with Crippen LogP contribution >= 0.6 is 23.2 Å². The lowest BCUT2D eigenvalue weighted by Crippen LogP contribution is -2.47. The zero-order chi connectivity index (χ0) is 17.7. The Hall–Kier alpha value is -1.96. The Balaban J connectivity index is 2.78. The van der Waals surface area contributed by atoms with Crippen molar-refractivity contribution >= 4 is 46.7 Å². The highest BCUT2D eigenvalue weighted by Crippen LogP contribution is 2.24. The molecule has 9 heteroatoms. The smallest absolute Gasteiger partial charge is 0.341 e. The van der Waals surface area contributed by atoms with E-state index in [9.17, 15) is 19.2 Å². The van der Waals surface area contributed by atoms with Crippen molar-refractivity contribution < 1.29 is 29.0 Å². The second kappa shape index (κ2) is 8.05. The van der Waals surface area contributed by atoms with E-state index >= 15 is 0 Å². The number of carboxylic acid groups (broad SMARTS) is 1. The number of esters is 1. The Kier molecular flexibility index (Phi) is 6.68. The molecular weight excluding hydrogens is 349 g/mol. The summed E-state index contributed by atoms with van der Waals surface area (Å²) in [6.07, 6.45) is 0. The summed E-state index contributed by atoms with van der Waals surface area (Å²) in [6.45, 7) is 0.195. The number of carbonyl (C=O) groups excluding carboxylic acids is 3. The highest BCUT2D eigenvalue weighted by Gasteiger charge is 2.34. The number of hydrogen-bond donors (Lipinski definition) is 2. The maximum Gasteiger partial charge on any atom is 0.341 e. The number of ketones is 2. The van der Waals surface area contributed by atoms with Crippen molar-refractivity contribution in [3.05, 3.63) is 33.8 Å². The summed E-state index contributed by atoms with van der Waals surface area (Å²) in [7, 11) is 0. The number of rotatable bonds is 7. The molecule has 0 radical (unpaired) electrons. The number of carboxylic acids is 1. The molecule has 0 fully saturated rings. The van der Waals surface area contributed by atoms with Crippen molar-refractivity contribution in [3.8, 4) is 0 Å². The lowest BCUT2D eigenvalue weighted by atomic mass is 9.93. The van der Waals surface area contributed by atoms with Crippen LogP contribution in [0.1, 0.15) is 17.3 Å². The van der Waals surface area contributed by atoms with Gasteiger partial charge in [-0.05, 0) is 19.1 Å². The Bertz CT molecular complexity index is 626. The molecule has 0 aliphatic carbocycles. The van der Waals surface area contributed by atoms with Crippen LogP contribution < -0.4 is 5.73 Å². The molecule has 7 nitrogen and oxygen atoms in total. The molecule has 0 aliphatic heterocycles. The van der Waals surface area contributed by atoms with Crippen LogP contribution in [0.4, 0.5) is 0 Å². The van der Waals surface area contributed by atoms with E-state index in [-0.39, 0.29) is 15.6 Å². The quantitative estimate of drug-likeness (QED) is 0.554. The van der Waals surface area contributed by atoms with Crippen LogP contribution in [0.2, 0.25) is 10.0 Å². The van der Waals surface area contributed by atoms with E-state index in [1.54, 1.807) is 0 Å². The third-order valence-corrected chi connectivity index (χ3v) is 3.58. The molecule has 2 unspecified atom stereocenters. The average Bonchev–Trinajstić information content (AvgIpc) is 2.43. The molecule has 23 heavy (non-hydrogen) atoms. The summed E-state index contributed by atoms with van der Waals surface area (Å²) in [5, 5.41) is 8.96. The monoisotopic (exact) mass is 361 g/mol. The van der Waals surface area contributed by atoms with Gasteiger partial charge in [0, 0.05) is 0 Å². The first-order valence-electron chi connectivity index (χ1n) is 6.29. The van der Waals surface area contributed by atoms with Gasteiger partial charge in [-0.3, -0.25) is 14.4 Å². The molecule has 2 atom stereocenters. The van der Waals surface area contributed by atoms with Crippen molar-refractivity contribution in [2.24, 2.45) is 11.7 Å². The van der Waals surface area contributed by atoms with E-state index < -0.39 is 42.1 Å². The fourth-order valence-corrected chi connectivity index (χ4v) is 2.32. The maximum absolute atomic E-state index is 11.9. The number of Topliss-reactive ketones (excluding diaryl/α,β-unsaturated/α-hetero) is 2. The third-order valence-electron chi connectivity index (χ3n) is 2.95. The molecular formula is C14H13Cl2NO6. The highest BCUT2D eigenvalue weighted by molar-refractivity contribution is 6.39. The van der Waals surface area contributed by atoms with Crippen LogP contribution in [0.3, 0.4) is 0 Å². The van der Waals surface area contributed by atoms with Gasteiger partial charge < -0.3 is 15.6 Å².